The zero-order valence-corrected chi connectivity index (χ0v) is 14.4. The quantitative estimate of drug-likeness (QED) is 0.909. The summed E-state index contributed by atoms with van der Waals surface area (Å²) in [5.74, 6) is 0.215. The van der Waals surface area contributed by atoms with Gasteiger partial charge in [0.2, 0.25) is 5.91 Å². The SMILES string of the molecule is CCc1nc([C@H](C)NCC(=O)N2[C@H](C)CCC[C@@H]2C)cs1. The van der Waals surface area contributed by atoms with Gasteiger partial charge in [-0.25, -0.2) is 4.98 Å². The molecule has 5 heteroatoms. The molecule has 3 atom stereocenters. The van der Waals surface area contributed by atoms with E-state index in [4.69, 9.17) is 0 Å². The minimum absolute atomic E-state index is 0.126. The van der Waals surface area contributed by atoms with Crippen LogP contribution in [0.5, 0.6) is 0 Å². The van der Waals surface area contributed by atoms with E-state index in [1.165, 1.54) is 6.42 Å². The number of carbonyl (C=O) groups is 1. The van der Waals surface area contributed by atoms with Gasteiger partial charge in [0.05, 0.1) is 17.2 Å². The third-order valence-corrected chi connectivity index (χ3v) is 5.37. The lowest BCUT2D eigenvalue weighted by Gasteiger charge is -2.39. The molecule has 1 saturated heterocycles. The molecular formula is C16H27N3OS. The number of likely N-dealkylation sites (tertiary alicyclic amines) is 1. The Morgan fingerprint density at radius 1 is 1.48 bits per heavy atom. The van der Waals surface area contributed by atoms with Gasteiger partial charge in [0.25, 0.3) is 0 Å². The number of hydrogen-bond acceptors (Lipinski definition) is 4. The number of nitrogens with one attached hydrogen (secondary N) is 1. The van der Waals surface area contributed by atoms with Crippen LogP contribution in [0.1, 0.15) is 63.7 Å². The highest BCUT2D eigenvalue weighted by Gasteiger charge is 2.28. The van der Waals surface area contributed by atoms with Crippen molar-refractivity contribution in [1.82, 2.24) is 15.2 Å². The molecule has 0 bridgehead atoms. The molecule has 0 aromatic carbocycles. The predicted molar refractivity (Wildman–Crippen MR) is 87.5 cm³/mol. The number of thiazole rings is 1. The second-order valence-electron chi connectivity index (χ2n) is 6.05. The van der Waals surface area contributed by atoms with Gasteiger partial charge in [-0.1, -0.05) is 6.92 Å². The third kappa shape index (κ3) is 4.04. The van der Waals surface area contributed by atoms with Crippen LogP contribution in [0.3, 0.4) is 0 Å². The number of hydrogen-bond donors (Lipinski definition) is 1. The zero-order chi connectivity index (χ0) is 15.4. The fraction of sp³-hybridized carbons (Fsp3) is 0.750. The number of aryl methyl sites for hydroxylation is 1. The highest BCUT2D eigenvalue weighted by atomic mass is 32.1. The van der Waals surface area contributed by atoms with Gasteiger partial charge in [0.15, 0.2) is 0 Å². The monoisotopic (exact) mass is 309 g/mol. The van der Waals surface area contributed by atoms with E-state index >= 15 is 0 Å². The standard InChI is InChI=1S/C16H27N3OS/c1-5-15-18-14(10-21-15)13(4)17-9-16(20)19-11(2)7-6-8-12(19)3/h10-13,17H,5-9H2,1-4H3/t11-,12+,13-/m0/s1. The van der Waals surface area contributed by atoms with Crippen molar-refractivity contribution in [1.29, 1.82) is 0 Å². The number of nitrogens with zero attached hydrogens (tertiary/aromatic N) is 2. The molecule has 21 heavy (non-hydrogen) atoms. The van der Waals surface area contributed by atoms with Crippen LogP contribution >= 0.6 is 11.3 Å². The second-order valence-corrected chi connectivity index (χ2v) is 6.99. The maximum absolute atomic E-state index is 12.5. The topological polar surface area (TPSA) is 45.2 Å². The second kappa shape index (κ2) is 7.36. The van der Waals surface area contributed by atoms with E-state index in [0.29, 0.717) is 18.6 Å². The number of rotatable bonds is 5. The van der Waals surface area contributed by atoms with E-state index in [-0.39, 0.29) is 11.9 Å². The van der Waals surface area contributed by atoms with E-state index in [1.54, 1.807) is 11.3 Å². The lowest BCUT2D eigenvalue weighted by molar-refractivity contribution is -0.136. The minimum atomic E-state index is 0.126. The first-order chi connectivity index (χ1) is 10.0. The number of amides is 1. The van der Waals surface area contributed by atoms with E-state index in [0.717, 1.165) is 30.0 Å². The van der Waals surface area contributed by atoms with Crippen molar-refractivity contribution in [3.05, 3.63) is 16.1 Å². The van der Waals surface area contributed by atoms with Crippen molar-refractivity contribution >= 4 is 17.2 Å². The van der Waals surface area contributed by atoms with E-state index in [1.807, 2.05) is 0 Å². The molecule has 1 aliphatic rings. The molecule has 2 heterocycles. The largest absolute Gasteiger partial charge is 0.336 e. The maximum atomic E-state index is 12.5. The summed E-state index contributed by atoms with van der Waals surface area (Å²) in [5, 5.41) is 6.57. The Balaban J connectivity index is 1.88. The highest BCUT2D eigenvalue weighted by molar-refractivity contribution is 7.09. The first kappa shape index (κ1) is 16.4. The zero-order valence-electron chi connectivity index (χ0n) is 13.6. The fourth-order valence-corrected chi connectivity index (χ4v) is 3.87. The Labute approximate surface area is 132 Å². The van der Waals surface area contributed by atoms with Gasteiger partial charge >= 0.3 is 0 Å². The van der Waals surface area contributed by atoms with Crippen LogP contribution in [0.4, 0.5) is 0 Å². The summed E-state index contributed by atoms with van der Waals surface area (Å²) in [6, 6.07) is 0.856. The van der Waals surface area contributed by atoms with Crippen LogP contribution in [-0.4, -0.2) is 34.4 Å². The lowest BCUT2D eigenvalue weighted by atomic mass is 9.97. The first-order valence-electron chi connectivity index (χ1n) is 8.01. The molecule has 0 saturated carbocycles. The van der Waals surface area contributed by atoms with Gasteiger partial charge in [-0.05, 0) is 46.5 Å². The van der Waals surface area contributed by atoms with Crippen LogP contribution < -0.4 is 5.32 Å². The molecule has 0 spiro atoms. The Morgan fingerprint density at radius 3 is 2.71 bits per heavy atom. The van der Waals surface area contributed by atoms with Gasteiger partial charge in [-0.2, -0.15) is 0 Å². The van der Waals surface area contributed by atoms with Crippen molar-refractivity contribution in [2.24, 2.45) is 0 Å². The fourth-order valence-electron chi connectivity index (χ4n) is 3.04. The van der Waals surface area contributed by atoms with E-state index in [2.05, 4.69) is 48.3 Å². The molecule has 2 rings (SSSR count). The molecule has 0 radical (unpaired) electrons. The first-order valence-corrected chi connectivity index (χ1v) is 8.89. The Bertz CT molecular complexity index is 464. The maximum Gasteiger partial charge on any atom is 0.237 e. The van der Waals surface area contributed by atoms with Gasteiger partial charge in [-0.15, -0.1) is 11.3 Å². The summed E-state index contributed by atoms with van der Waals surface area (Å²) < 4.78 is 0. The van der Waals surface area contributed by atoms with Crippen molar-refractivity contribution in [3.63, 3.8) is 0 Å². The number of carbonyl (C=O) groups excluding carboxylic acids is 1. The van der Waals surface area contributed by atoms with Crippen molar-refractivity contribution in [3.8, 4) is 0 Å². The van der Waals surface area contributed by atoms with Crippen molar-refractivity contribution < 1.29 is 4.79 Å². The highest BCUT2D eigenvalue weighted by Crippen LogP contribution is 2.22. The molecular weight excluding hydrogens is 282 g/mol. The van der Waals surface area contributed by atoms with E-state index in [9.17, 15) is 4.79 Å². The lowest BCUT2D eigenvalue weighted by Crippen LogP contribution is -2.50. The summed E-state index contributed by atoms with van der Waals surface area (Å²) in [7, 11) is 0. The summed E-state index contributed by atoms with van der Waals surface area (Å²) in [5.41, 5.74) is 1.05. The summed E-state index contributed by atoms with van der Waals surface area (Å²) in [6.07, 6.45) is 4.45. The van der Waals surface area contributed by atoms with Gasteiger partial charge < -0.3 is 10.2 Å². The van der Waals surface area contributed by atoms with Crippen LogP contribution in [0.25, 0.3) is 0 Å². The van der Waals surface area contributed by atoms with Crippen LogP contribution in [0, 0.1) is 0 Å². The van der Waals surface area contributed by atoms with Gasteiger partial charge in [0, 0.05) is 23.5 Å². The average molecular weight is 309 g/mol. The molecule has 1 aromatic rings. The molecule has 4 nitrogen and oxygen atoms in total. The molecule has 1 N–H and O–H groups in total. The summed E-state index contributed by atoms with van der Waals surface area (Å²) in [4.78, 5) is 19.1. The average Bonchev–Trinajstić information content (AvgIpc) is 2.93. The smallest absolute Gasteiger partial charge is 0.237 e. The van der Waals surface area contributed by atoms with Crippen molar-refractivity contribution in [2.45, 2.75) is 71.5 Å². The molecule has 0 unspecified atom stereocenters. The Hall–Kier alpha value is -0.940. The Kier molecular flexibility index (Phi) is 5.76. The van der Waals surface area contributed by atoms with Crippen LogP contribution in [0.2, 0.25) is 0 Å². The summed E-state index contributed by atoms with van der Waals surface area (Å²) >= 11 is 1.69. The van der Waals surface area contributed by atoms with Crippen LogP contribution in [-0.2, 0) is 11.2 Å². The molecule has 1 aromatic heterocycles. The predicted octanol–water partition coefficient (Wildman–Crippen LogP) is 3.15. The summed E-state index contributed by atoms with van der Waals surface area (Å²) in [6.45, 7) is 8.90. The number of piperidine rings is 1. The molecule has 0 aliphatic carbocycles. The molecule has 1 aliphatic heterocycles. The minimum Gasteiger partial charge on any atom is -0.336 e. The molecule has 1 fully saturated rings. The molecule has 118 valence electrons. The van der Waals surface area contributed by atoms with Crippen LogP contribution in [0.15, 0.2) is 5.38 Å². The van der Waals surface area contributed by atoms with Crippen molar-refractivity contribution in [2.75, 3.05) is 6.54 Å². The Morgan fingerprint density at radius 2 is 2.14 bits per heavy atom. The third-order valence-electron chi connectivity index (χ3n) is 4.36. The molecule has 1 amide bonds. The van der Waals surface area contributed by atoms with E-state index < -0.39 is 0 Å². The van der Waals surface area contributed by atoms with Gasteiger partial charge in [-0.3, -0.25) is 4.79 Å². The van der Waals surface area contributed by atoms with Gasteiger partial charge in [0.1, 0.15) is 0 Å². The number of aromatic nitrogens is 1. The normalized spacial score (nSPS) is 24.1.